The van der Waals surface area contributed by atoms with Crippen molar-refractivity contribution in [3.63, 3.8) is 0 Å². The average Bonchev–Trinajstić information content (AvgIpc) is 2.96. The lowest BCUT2D eigenvalue weighted by Gasteiger charge is -2.26. The minimum Gasteiger partial charge on any atom is -0.494 e. The summed E-state index contributed by atoms with van der Waals surface area (Å²) in [4.78, 5) is 26.8. The second-order valence-corrected chi connectivity index (χ2v) is 9.76. The molecule has 0 aliphatic carbocycles. The summed E-state index contributed by atoms with van der Waals surface area (Å²) in [6, 6.07) is 33.3. The number of hydrogen-bond acceptors (Lipinski definition) is 4. The van der Waals surface area contributed by atoms with E-state index in [9.17, 15) is 14.7 Å². The van der Waals surface area contributed by atoms with Crippen molar-refractivity contribution < 1.29 is 24.2 Å². The summed E-state index contributed by atoms with van der Waals surface area (Å²) in [6.07, 6.45) is 0.805. The number of ether oxygens (including phenoxy) is 2. The van der Waals surface area contributed by atoms with E-state index in [1.165, 1.54) is 0 Å². The Morgan fingerprint density at radius 2 is 1.45 bits per heavy atom. The Hall–Kier alpha value is -4.78. The van der Waals surface area contributed by atoms with Crippen LogP contribution in [-0.2, 0) is 11.2 Å². The number of urea groups is 1. The molecule has 0 aromatic heterocycles. The first-order chi connectivity index (χ1) is 19.3. The molecule has 4 aromatic rings. The summed E-state index contributed by atoms with van der Waals surface area (Å²) in [5, 5.41) is 12.8. The van der Waals surface area contributed by atoms with Crippen molar-refractivity contribution in [2.45, 2.75) is 32.3 Å². The summed E-state index contributed by atoms with van der Waals surface area (Å²) in [5.74, 6) is 0.135. The molecule has 0 bridgehead atoms. The van der Waals surface area contributed by atoms with Crippen LogP contribution < -0.4 is 19.7 Å². The number of benzene rings is 4. The van der Waals surface area contributed by atoms with Gasteiger partial charge >= 0.3 is 12.0 Å². The van der Waals surface area contributed by atoms with E-state index in [0.717, 1.165) is 22.5 Å². The number of rotatable bonds is 12. The molecule has 0 saturated carbocycles. The van der Waals surface area contributed by atoms with Crippen molar-refractivity contribution in [2.75, 3.05) is 23.4 Å². The molecular formula is C33H34N2O5. The van der Waals surface area contributed by atoms with Crippen LogP contribution in [0.2, 0.25) is 0 Å². The predicted molar refractivity (Wildman–Crippen MR) is 157 cm³/mol. The van der Waals surface area contributed by atoms with E-state index in [-0.39, 0.29) is 12.5 Å². The minimum atomic E-state index is -1.41. The Labute approximate surface area is 235 Å². The molecule has 40 heavy (non-hydrogen) atoms. The molecule has 0 fully saturated rings. The van der Waals surface area contributed by atoms with Gasteiger partial charge in [-0.1, -0.05) is 66.2 Å². The topological polar surface area (TPSA) is 88.1 Å². The predicted octanol–water partition coefficient (Wildman–Crippen LogP) is 6.97. The smallest absolute Gasteiger partial charge is 0.348 e. The van der Waals surface area contributed by atoms with E-state index < -0.39 is 11.6 Å². The third-order valence-corrected chi connectivity index (χ3v) is 6.41. The van der Waals surface area contributed by atoms with Crippen molar-refractivity contribution in [3.8, 4) is 11.5 Å². The second kappa shape index (κ2) is 13.3. The molecule has 4 aromatic carbocycles. The fraction of sp³-hybridized carbons (Fsp3) is 0.212. The van der Waals surface area contributed by atoms with E-state index in [0.29, 0.717) is 31.1 Å². The number of aryl methyl sites for hydroxylation is 1. The molecule has 4 rings (SSSR count). The molecule has 0 spiro atoms. The van der Waals surface area contributed by atoms with Crippen LogP contribution in [0.5, 0.6) is 11.5 Å². The summed E-state index contributed by atoms with van der Waals surface area (Å²) in [6.45, 7) is 4.45. The number of amides is 2. The molecular weight excluding hydrogens is 504 g/mol. The van der Waals surface area contributed by atoms with Gasteiger partial charge in [0.15, 0.2) is 0 Å². The maximum atomic E-state index is 13.1. The normalized spacial score (nSPS) is 12.2. The van der Waals surface area contributed by atoms with Gasteiger partial charge in [0.1, 0.15) is 11.5 Å². The highest BCUT2D eigenvalue weighted by atomic mass is 16.5. The van der Waals surface area contributed by atoms with Gasteiger partial charge in [0.25, 0.3) is 0 Å². The van der Waals surface area contributed by atoms with Gasteiger partial charge in [-0.15, -0.1) is 0 Å². The van der Waals surface area contributed by atoms with Crippen molar-refractivity contribution >= 4 is 23.4 Å². The van der Waals surface area contributed by atoms with Crippen molar-refractivity contribution in [1.82, 2.24) is 0 Å². The molecule has 0 aliphatic rings. The lowest BCUT2D eigenvalue weighted by molar-refractivity contribution is -0.153. The van der Waals surface area contributed by atoms with Gasteiger partial charge in [-0.25, -0.2) is 9.59 Å². The molecule has 0 aliphatic heterocycles. The fourth-order valence-electron chi connectivity index (χ4n) is 4.19. The van der Waals surface area contributed by atoms with Gasteiger partial charge in [-0.05, 0) is 74.4 Å². The first kappa shape index (κ1) is 28.2. The van der Waals surface area contributed by atoms with Crippen molar-refractivity contribution in [1.29, 1.82) is 0 Å². The molecule has 7 heteroatoms. The van der Waals surface area contributed by atoms with Crippen LogP contribution in [0, 0.1) is 6.92 Å². The largest absolute Gasteiger partial charge is 0.494 e. The number of nitrogens with one attached hydrogen (secondary N) is 1. The van der Waals surface area contributed by atoms with Crippen LogP contribution in [0.4, 0.5) is 16.2 Å². The average molecular weight is 539 g/mol. The number of carboxylic acid groups (broad SMARTS) is 1. The molecule has 0 radical (unpaired) electrons. The monoisotopic (exact) mass is 538 g/mol. The van der Waals surface area contributed by atoms with E-state index in [4.69, 9.17) is 9.47 Å². The van der Waals surface area contributed by atoms with E-state index in [1.54, 1.807) is 36.1 Å². The highest BCUT2D eigenvalue weighted by molar-refractivity contribution is 6.01. The molecule has 2 amide bonds. The number of anilines is 2. The minimum absolute atomic E-state index is 0.194. The number of hydrogen-bond donors (Lipinski definition) is 2. The fourth-order valence-corrected chi connectivity index (χ4v) is 4.19. The van der Waals surface area contributed by atoms with Gasteiger partial charge in [-0.3, -0.25) is 4.90 Å². The number of para-hydroxylation sites is 2. The molecule has 1 atom stereocenters. The standard InChI is InChI=1S/C33H34N2O5/c1-25-14-18-27(19-15-25)34-32(38)35(28-10-5-3-6-11-28)22-9-23-39-29-20-16-26(17-21-29)24-33(2,31(36)37)40-30-12-7-4-8-13-30/h3-8,10-21H,9,22-24H2,1-2H3,(H,34,38)(H,36,37). The Morgan fingerprint density at radius 1 is 0.825 bits per heavy atom. The third kappa shape index (κ3) is 7.86. The van der Waals surface area contributed by atoms with Crippen molar-refractivity contribution in [2.24, 2.45) is 0 Å². The number of carbonyl (C=O) groups is 2. The highest BCUT2D eigenvalue weighted by Gasteiger charge is 2.36. The molecule has 2 N–H and O–H groups in total. The van der Waals surface area contributed by atoms with E-state index >= 15 is 0 Å². The maximum Gasteiger partial charge on any atom is 0.348 e. The third-order valence-electron chi connectivity index (χ3n) is 6.41. The molecule has 0 heterocycles. The van der Waals surface area contributed by atoms with Crippen LogP contribution in [-0.4, -0.2) is 35.9 Å². The van der Waals surface area contributed by atoms with Crippen LogP contribution in [0.25, 0.3) is 0 Å². The van der Waals surface area contributed by atoms with Gasteiger partial charge < -0.3 is 19.9 Å². The molecule has 7 nitrogen and oxygen atoms in total. The zero-order chi connectivity index (χ0) is 28.4. The quantitative estimate of drug-likeness (QED) is 0.190. The highest BCUT2D eigenvalue weighted by Crippen LogP contribution is 2.24. The van der Waals surface area contributed by atoms with E-state index in [1.807, 2.05) is 91.9 Å². The van der Waals surface area contributed by atoms with Gasteiger partial charge in [0, 0.05) is 24.3 Å². The number of aliphatic carboxylic acids is 1. The Bertz CT molecular complexity index is 1380. The first-order valence-electron chi connectivity index (χ1n) is 13.2. The summed E-state index contributed by atoms with van der Waals surface area (Å²) < 4.78 is 11.8. The maximum absolute atomic E-state index is 13.1. The lowest BCUT2D eigenvalue weighted by Crippen LogP contribution is -2.43. The van der Waals surface area contributed by atoms with Gasteiger partial charge in [-0.2, -0.15) is 0 Å². The Morgan fingerprint density at radius 3 is 2.08 bits per heavy atom. The Balaban J connectivity index is 1.32. The lowest BCUT2D eigenvalue weighted by atomic mass is 9.96. The molecule has 206 valence electrons. The number of nitrogens with zero attached hydrogens (tertiary/aromatic N) is 1. The van der Waals surface area contributed by atoms with Gasteiger partial charge in [0.2, 0.25) is 5.60 Å². The van der Waals surface area contributed by atoms with Crippen LogP contribution in [0.1, 0.15) is 24.5 Å². The summed E-state index contributed by atoms with van der Waals surface area (Å²) in [5.41, 5.74) is 2.07. The summed E-state index contributed by atoms with van der Waals surface area (Å²) >= 11 is 0. The SMILES string of the molecule is Cc1ccc(NC(=O)N(CCCOc2ccc(CC(C)(Oc3ccccc3)C(=O)O)cc2)c2ccccc2)cc1. The molecule has 1 unspecified atom stereocenters. The summed E-state index contributed by atoms with van der Waals surface area (Å²) in [7, 11) is 0. The number of carboxylic acids is 1. The molecule has 0 saturated heterocycles. The van der Waals surface area contributed by atoms with Crippen LogP contribution >= 0.6 is 0 Å². The van der Waals surface area contributed by atoms with Crippen LogP contribution in [0.3, 0.4) is 0 Å². The van der Waals surface area contributed by atoms with Gasteiger partial charge in [0.05, 0.1) is 6.61 Å². The van der Waals surface area contributed by atoms with E-state index in [2.05, 4.69) is 5.32 Å². The second-order valence-electron chi connectivity index (χ2n) is 9.76. The van der Waals surface area contributed by atoms with Crippen LogP contribution in [0.15, 0.2) is 109 Å². The Kier molecular flexibility index (Phi) is 9.41. The van der Waals surface area contributed by atoms with Crippen molar-refractivity contribution in [3.05, 3.63) is 120 Å². The first-order valence-corrected chi connectivity index (χ1v) is 13.2. The zero-order valence-corrected chi connectivity index (χ0v) is 22.7. The number of carbonyl (C=O) groups excluding carboxylic acids is 1. The zero-order valence-electron chi connectivity index (χ0n) is 22.7.